The van der Waals surface area contributed by atoms with Crippen LogP contribution in [0, 0.1) is 10.1 Å². The molecule has 0 aliphatic heterocycles. The van der Waals surface area contributed by atoms with Crippen LogP contribution in [0.1, 0.15) is 2.85 Å². The molecule has 0 aliphatic carbocycles. The fraction of sp³-hybridized carbons (Fsp3) is 0. The number of hydrogen-bond acceptors (Lipinski definition) is 4. The Bertz CT molecular complexity index is 167. The number of nitrogens with zero attached hydrogens (tertiary/aromatic N) is 1. The summed E-state index contributed by atoms with van der Waals surface area (Å²) in [5, 5.41) is 13.6. The molecule has 0 aliphatic rings. The zero-order valence-electron chi connectivity index (χ0n) is 7.24. The predicted molar refractivity (Wildman–Crippen MR) is 36.7 cm³/mol. The SMILES string of the molecule is O=S(=O)(O)O.O=[N+]([O-])O.[H-].[H-].[Mg+2].[Mg+2]. The van der Waals surface area contributed by atoms with Gasteiger partial charge in [-0.25, -0.2) is 0 Å². The molecule has 11 heteroatoms. The van der Waals surface area contributed by atoms with Crippen LogP contribution < -0.4 is 0 Å². The van der Waals surface area contributed by atoms with Crippen molar-refractivity contribution in [2.75, 3.05) is 0 Å². The second-order valence-electron chi connectivity index (χ2n) is 0.686. The van der Waals surface area contributed by atoms with Crippen LogP contribution in [0.2, 0.25) is 0 Å². The van der Waals surface area contributed by atoms with Gasteiger partial charge in [0.05, 0.1) is 0 Å². The van der Waals surface area contributed by atoms with Crippen LogP contribution >= 0.6 is 0 Å². The van der Waals surface area contributed by atoms with Crippen LogP contribution in [0.5, 0.6) is 0 Å². The van der Waals surface area contributed by atoms with Crippen molar-refractivity contribution in [3.63, 3.8) is 0 Å². The molecule has 0 aromatic rings. The Hall–Kier alpha value is 0.602. The molecule has 0 rings (SSSR count). The van der Waals surface area contributed by atoms with Gasteiger partial charge < -0.3 is 8.06 Å². The van der Waals surface area contributed by atoms with Crippen molar-refractivity contribution in [3.8, 4) is 0 Å². The molecule has 0 amide bonds. The first-order valence-corrected chi connectivity index (χ1v) is 2.66. The van der Waals surface area contributed by atoms with Gasteiger partial charge in [-0.15, -0.1) is 10.1 Å². The normalized spacial score (nSPS) is 7.45. The van der Waals surface area contributed by atoms with Crippen LogP contribution in [-0.2, 0) is 10.4 Å². The van der Waals surface area contributed by atoms with Crippen molar-refractivity contribution in [1.29, 1.82) is 0 Å². The van der Waals surface area contributed by atoms with Crippen LogP contribution in [-0.4, -0.2) is 73.9 Å². The van der Waals surface area contributed by atoms with Crippen molar-refractivity contribution < 1.29 is 30.7 Å². The summed E-state index contributed by atoms with van der Waals surface area (Å²) >= 11 is 0. The minimum atomic E-state index is -4.67. The summed E-state index contributed by atoms with van der Waals surface area (Å²) in [5.74, 6) is 0. The molecule has 0 aromatic heterocycles. The zero-order valence-corrected chi connectivity index (χ0v) is 8.89. The molecule has 3 N–H and O–H groups in total. The monoisotopic (exact) mass is 211 g/mol. The van der Waals surface area contributed by atoms with E-state index >= 15 is 0 Å². The van der Waals surface area contributed by atoms with E-state index < -0.39 is 15.5 Å². The molecule has 8 nitrogen and oxygen atoms in total. The van der Waals surface area contributed by atoms with Crippen molar-refractivity contribution in [2.24, 2.45) is 0 Å². The third kappa shape index (κ3) is 2160. The molecule has 0 saturated heterocycles. The molecular weight excluding hydrogens is 207 g/mol. The summed E-state index contributed by atoms with van der Waals surface area (Å²) in [4.78, 5) is 8.36. The summed E-state index contributed by atoms with van der Waals surface area (Å²) in [6.45, 7) is 0. The molecule has 0 aromatic carbocycles. The van der Waals surface area contributed by atoms with Crippen LogP contribution in [0.3, 0.4) is 0 Å². The fourth-order valence-corrected chi connectivity index (χ4v) is 0. The number of rotatable bonds is 0. The van der Waals surface area contributed by atoms with Gasteiger partial charge in [0.15, 0.2) is 0 Å². The van der Waals surface area contributed by atoms with Gasteiger partial charge in [-0.3, -0.25) is 9.11 Å². The van der Waals surface area contributed by atoms with Gasteiger partial charge in [-0.05, 0) is 0 Å². The molecule has 0 bridgehead atoms. The molecule has 0 unspecified atom stereocenters. The Labute approximate surface area is 96.9 Å². The van der Waals surface area contributed by atoms with Gasteiger partial charge in [0.25, 0.3) is 5.09 Å². The van der Waals surface area contributed by atoms with Crippen molar-refractivity contribution in [2.45, 2.75) is 0 Å². The Morgan fingerprint density at radius 1 is 1.27 bits per heavy atom. The van der Waals surface area contributed by atoms with E-state index in [0.717, 1.165) is 0 Å². The van der Waals surface area contributed by atoms with Crippen LogP contribution in [0.15, 0.2) is 0 Å². The molecule has 0 heterocycles. The second-order valence-corrected chi connectivity index (χ2v) is 1.58. The zero-order chi connectivity index (χ0) is 8.08. The molecule has 0 atom stereocenters. The maximum absolute atomic E-state index is 8.74. The first-order valence-electron chi connectivity index (χ1n) is 1.26. The van der Waals surface area contributed by atoms with E-state index in [4.69, 9.17) is 32.8 Å². The molecule has 0 fully saturated rings. The van der Waals surface area contributed by atoms with Crippen LogP contribution in [0.4, 0.5) is 0 Å². The summed E-state index contributed by atoms with van der Waals surface area (Å²) in [5.41, 5.74) is 0. The maximum atomic E-state index is 8.74. The van der Waals surface area contributed by atoms with Gasteiger partial charge in [0.2, 0.25) is 0 Å². The van der Waals surface area contributed by atoms with Gasteiger partial charge in [0.1, 0.15) is 0 Å². The second kappa shape index (κ2) is 10.6. The van der Waals surface area contributed by atoms with E-state index in [1.165, 1.54) is 0 Å². The molecule has 0 spiro atoms. The first-order chi connectivity index (χ1) is 3.73. The minimum absolute atomic E-state index is 0. The molecular formula is H5Mg2NO7S+2. The van der Waals surface area contributed by atoms with Crippen molar-refractivity contribution in [3.05, 3.63) is 10.1 Å². The Morgan fingerprint density at radius 2 is 1.27 bits per heavy atom. The number of hydrogen-bond donors (Lipinski definition) is 3. The average molecular weight is 212 g/mol. The summed E-state index contributed by atoms with van der Waals surface area (Å²) in [6.07, 6.45) is 0. The molecule has 60 valence electrons. The molecule has 11 heavy (non-hydrogen) atoms. The first kappa shape index (κ1) is 22.6. The van der Waals surface area contributed by atoms with Gasteiger partial charge >= 0.3 is 56.5 Å². The van der Waals surface area contributed by atoms with Crippen molar-refractivity contribution >= 4 is 56.5 Å². The van der Waals surface area contributed by atoms with E-state index in [0.29, 0.717) is 0 Å². The van der Waals surface area contributed by atoms with Gasteiger partial charge in [0, 0.05) is 0 Å². The molecule has 0 saturated carbocycles. The summed E-state index contributed by atoms with van der Waals surface area (Å²) < 4.78 is 31.6. The van der Waals surface area contributed by atoms with Crippen molar-refractivity contribution in [1.82, 2.24) is 0 Å². The summed E-state index contributed by atoms with van der Waals surface area (Å²) in [7, 11) is -4.67. The fourth-order valence-electron chi connectivity index (χ4n) is 0. The van der Waals surface area contributed by atoms with E-state index in [1.54, 1.807) is 0 Å². The Balaban J connectivity index is -0.0000000146. The predicted octanol–water partition coefficient (Wildman–Crippen LogP) is -1.54. The quantitative estimate of drug-likeness (QED) is 0.191. The summed E-state index contributed by atoms with van der Waals surface area (Å²) in [6, 6.07) is 0. The Morgan fingerprint density at radius 3 is 1.27 bits per heavy atom. The maximum Gasteiger partial charge on any atom is 2.00 e. The third-order valence-electron chi connectivity index (χ3n) is 0. The van der Waals surface area contributed by atoms with Crippen LogP contribution in [0.25, 0.3) is 0 Å². The van der Waals surface area contributed by atoms with Gasteiger partial charge in [-0.2, -0.15) is 8.42 Å². The topological polar surface area (TPSA) is 138 Å². The standard InChI is InChI=1S/2Mg.HNO3.H2O4S.2H/c;;2-1(3)4;1-5(2,3)4;;/h;;(H,2,3,4);(H2,1,2,3,4);;/q2*+2;;;2*-1. The third-order valence-corrected chi connectivity index (χ3v) is 0. The smallest absolute Gasteiger partial charge is 1.00 e. The molecule has 0 radical (unpaired) electrons. The van der Waals surface area contributed by atoms with E-state index in [2.05, 4.69) is 0 Å². The minimum Gasteiger partial charge on any atom is -1.00 e. The Kier molecular flexibility index (Phi) is 21.8. The largest absolute Gasteiger partial charge is 2.00 e. The van der Waals surface area contributed by atoms with Gasteiger partial charge in [-0.1, -0.05) is 0 Å². The van der Waals surface area contributed by atoms with E-state index in [1.807, 2.05) is 0 Å². The average Bonchev–Trinajstić information content (AvgIpc) is 1.19. The van der Waals surface area contributed by atoms with E-state index in [9.17, 15) is 0 Å². The van der Waals surface area contributed by atoms with E-state index in [-0.39, 0.29) is 49.0 Å².